The van der Waals surface area contributed by atoms with Crippen molar-refractivity contribution in [1.29, 1.82) is 0 Å². The minimum atomic E-state index is 0.676. The number of fused-ring (bicyclic) bond motifs is 1. The molecule has 0 bridgehead atoms. The summed E-state index contributed by atoms with van der Waals surface area (Å²) < 4.78 is 0. The molecule has 17 heavy (non-hydrogen) atoms. The van der Waals surface area contributed by atoms with Gasteiger partial charge in [-0.1, -0.05) is 55.3 Å². The van der Waals surface area contributed by atoms with E-state index in [2.05, 4.69) is 51.1 Å². The van der Waals surface area contributed by atoms with E-state index in [1.54, 1.807) is 5.57 Å². The lowest BCUT2D eigenvalue weighted by Gasteiger charge is -2.19. The summed E-state index contributed by atoms with van der Waals surface area (Å²) in [7, 11) is 0. The van der Waals surface area contributed by atoms with Crippen LogP contribution in [0.25, 0.3) is 0 Å². The quantitative estimate of drug-likeness (QED) is 0.655. The van der Waals surface area contributed by atoms with Gasteiger partial charge in [-0.2, -0.15) is 0 Å². The average molecular weight is 226 g/mol. The van der Waals surface area contributed by atoms with Crippen LogP contribution in [0.5, 0.6) is 0 Å². The minimum Gasteiger partial charge on any atom is -0.0841 e. The number of aryl methyl sites for hydroxylation is 1. The highest BCUT2D eigenvalue weighted by Gasteiger charge is 2.52. The molecule has 0 spiro atoms. The maximum absolute atomic E-state index is 2.53. The first-order valence-corrected chi connectivity index (χ1v) is 6.99. The lowest BCUT2D eigenvalue weighted by Crippen LogP contribution is -2.03. The fourth-order valence-corrected chi connectivity index (χ4v) is 3.70. The second-order valence-electron chi connectivity index (χ2n) is 5.86. The number of allylic oxidation sites excluding steroid dienone is 2. The van der Waals surface area contributed by atoms with Gasteiger partial charge in [-0.25, -0.2) is 0 Å². The van der Waals surface area contributed by atoms with Crippen LogP contribution in [0.15, 0.2) is 35.9 Å². The molecule has 0 aromatic heterocycles. The molecule has 0 amide bonds. The third-order valence-electron chi connectivity index (χ3n) is 4.86. The molecule has 1 aromatic carbocycles. The summed E-state index contributed by atoms with van der Waals surface area (Å²) in [5.74, 6) is 3.54. The predicted octanol–water partition coefficient (Wildman–Crippen LogP) is 4.70. The van der Waals surface area contributed by atoms with Gasteiger partial charge in [0.2, 0.25) is 0 Å². The molecule has 0 heterocycles. The fourth-order valence-electron chi connectivity index (χ4n) is 3.70. The van der Waals surface area contributed by atoms with Crippen molar-refractivity contribution in [2.24, 2.45) is 17.8 Å². The molecular weight excluding hydrogens is 204 g/mol. The van der Waals surface area contributed by atoms with Crippen molar-refractivity contribution in [2.45, 2.75) is 39.5 Å². The van der Waals surface area contributed by atoms with Gasteiger partial charge in [0, 0.05) is 5.92 Å². The maximum Gasteiger partial charge on any atom is 0.00485 e. The Morgan fingerprint density at radius 2 is 1.94 bits per heavy atom. The zero-order chi connectivity index (χ0) is 12.0. The van der Waals surface area contributed by atoms with Crippen LogP contribution in [0.1, 0.15) is 43.7 Å². The Kier molecular flexibility index (Phi) is 2.61. The standard InChI is InChI=1S/C17H22/c1-4-14(13-7-5-11(2)6-8-13)16-10-9-15-12(3)17(15)16/h5-8,10,12,14-15,17H,4,9H2,1-3H3/t12?,14-,15?,17?/m1/s1. The van der Waals surface area contributed by atoms with Crippen molar-refractivity contribution < 1.29 is 0 Å². The molecule has 0 nitrogen and oxygen atoms in total. The van der Waals surface area contributed by atoms with Crippen molar-refractivity contribution in [3.05, 3.63) is 47.0 Å². The number of hydrogen-bond acceptors (Lipinski definition) is 0. The van der Waals surface area contributed by atoms with Crippen LogP contribution in [0.2, 0.25) is 0 Å². The van der Waals surface area contributed by atoms with E-state index >= 15 is 0 Å². The SMILES string of the molecule is CC[C@@H](C1=CCC2C(C)C12)c1ccc(C)cc1. The minimum absolute atomic E-state index is 0.676. The van der Waals surface area contributed by atoms with E-state index in [0.29, 0.717) is 5.92 Å². The van der Waals surface area contributed by atoms with Crippen molar-refractivity contribution in [2.75, 3.05) is 0 Å². The van der Waals surface area contributed by atoms with Gasteiger partial charge in [-0.15, -0.1) is 0 Å². The summed E-state index contributed by atoms with van der Waals surface area (Å²) >= 11 is 0. The van der Waals surface area contributed by atoms with Gasteiger partial charge in [0.1, 0.15) is 0 Å². The van der Waals surface area contributed by atoms with Gasteiger partial charge in [0.05, 0.1) is 0 Å². The Bertz CT molecular complexity index is 438. The van der Waals surface area contributed by atoms with Gasteiger partial charge in [0.25, 0.3) is 0 Å². The molecule has 2 aliphatic carbocycles. The number of benzene rings is 1. The average Bonchev–Trinajstić information content (AvgIpc) is 2.77. The zero-order valence-corrected chi connectivity index (χ0v) is 11.1. The fraction of sp³-hybridized carbons (Fsp3) is 0.529. The monoisotopic (exact) mass is 226 g/mol. The molecule has 0 saturated heterocycles. The topological polar surface area (TPSA) is 0 Å². The van der Waals surface area contributed by atoms with E-state index in [4.69, 9.17) is 0 Å². The van der Waals surface area contributed by atoms with Crippen LogP contribution in [0, 0.1) is 24.7 Å². The molecule has 2 aliphatic rings. The van der Waals surface area contributed by atoms with Gasteiger partial charge in [-0.05, 0) is 43.1 Å². The normalized spacial score (nSPS) is 31.9. The maximum atomic E-state index is 2.53. The molecule has 1 fully saturated rings. The van der Waals surface area contributed by atoms with Crippen molar-refractivity contribution in [3.8, 4) is 0 Å². The molecule has 4 atom stereocenters. The summed E-state index contributed by atoms with van der Waals surface area (Å²) in [5, 5.41) is 0. The molecule has 0 N–H and O–H groups in total. The van der Waals surface area contributed by atoms with Crippen molar-refractivity contribution in [1.82, 2.24) is 0 Å². The van der Waals surface area contributed by atoms with Gasteiger partial charge >= 0.3 is 0 Å². The smallest absolute Gasteiger partial charge is 0.00485 e. The van der Waals surface area contributed by atoms with Crippen LogP contribution in [0.3, 0.4) is 0 Å². The molecule has 1 saturated carbocycles. The van der Waals surface area contributed by atoms with E-state index in [9.17, 15) is 0 Å². The van der Waals surface area contributed by atoms with Gasteiger partial charge in [-0.3, -0.25) is 0 Å². The molecular formula is C17H22. The summed E-state index contributed by atoms with van der Waals surface area (Å²) in [4.78, 5) is 0. The zero-order valence-electron chi connectivity index (χ0n) is 11.1. The summed E-state index contributed by atoms with van der Waals surface area (Å²) in [6, 6.07) is 9.15. The third-order valence-corrected chi connectivity index (χ3v) is 4.86. The Morgan fingerprint density at radius 3 is 2.47 bits per heavy atom. The third kappa shape index (κ3) is 1.74. The van der Waals surface area contributed by atoms with Crippen LogP contribution in [-0.2, 0) is 0 Å². The van der Waals surface area contributed by atoms with Crippen molar-refractivity contribution >= 4 is 0 Å². The largest absolute Gasteiger partial charge is 0.0841 e. The Hall–Kier alpha value is -1.04. The highest BCUT2D eigenvalue weighted by Crippen LogP contribution is 2.60. The van der Waals surface area contributed by atoms with Crippen molar-refractivity contribution in [3.63, 3.8) is 0 Å². The highest BCUT2D eigenvalue weighted by atomic mass is 14.6. The first-order chi connectivity index (χ1) is 8.22. The molecule has 0 radical (unpaired) electrons. The predicted molar refractivity (Wildman–Crippen MR) is 73.1 cm³/mol. The van der Waals surface area contributed by atoms with Crippen LogP contribution < -0.4 is 0 Å². The molecule has 3 unspecified atom stereocenters. The van der Waals surface area contributed by atoms with E-state index in [0.717, 1.165) is 17.8 Å². The molecule has 0 aliphatic heterocycles. The first kappa shape index (κ1) is 11.1. The molecule has 1 aromatic rings. The molecule has 0 heteroatoms. The van der Waals surface area contributed by atoms with Crippen LogP contribution in [-0.4, -0.2) is 0 Å². The van der Waals surface area contributed by atoms with Gasteiger partial charge < -0.3 is 0 Å². The second-order valence-corrected chi connectivity index (χ2v) is 5.86. The van der Waals surface area contributed by atoms with E-state index in [1.165, 1.54) is 24.0 Å². The highest BCUT2D eigenvalue weighted by molar-refractivity contribution is 5.38. The summed E-state index contributed by atoms with van der Waals surface area (Å²) in [6.07, 6.45) is 5.11. The molecule has 3 rings (SSSR count). The lowest BCUT2D eigenvalue weighted by atomic mass is 9.86. The van der Waals surface area contributed by atoms with Crippen LogP contribution >= 0.6 is 0 Å². The number of hydrogen-bond donors (Lipinski definition) is 0. The lowest BCUT2D eigenvalue weighted by molar-refractivity contribution is 0.687. The van der Waals surface area contributed by atoms with Gasteiger partial charge in [0.15, 0.2) is 0 Å². The summed E-state index contributed by atoms with van der Waals surface area (Å²) in [5.41, 5.74) is 4.62. The number of rotatable bonds is 3. The second kappa shape index (κ2) is 4.01. The van der Waals surface area contributed by atoms with E-state index in [-0.39, 0.29) is 0 Å². The Labute approximate surface area is 105 Å². The molecule has 90 valence electrons. The van der Waals surface area contributed by atoms with Crippen LogP contribution in [0.4, 0.5) is 0 Å². The van der Waals surface area contributed by atoms with E-state index in [1.807, 2.05) is 0 Å². The van der Waals surface area contributed by atoms with E-state index < -0.39 is 0 Å². The first-order valence-electron chi connectivity index (χ1n) is 6.99. The Balaban J connectivity index is 1.87. The summed E-state index contributed by atoms with van der Waals surface area (Å²) in [6.45, 7) is 6.91. The Morgan fingerprint density at radius 1 is 1.24 bits per heavy atom.